The van der Waals surface area contributed by atoms with Crippen LogP contribution in [0.4, 0.5) is 0 Å². The molecule has 2 atom stereocenters. The fourth-order valence-corrected chi connectivity index (χ4v) is 2.98. The third-order valence-electron chi connectivity index (χ3n) is 4.38. The molecule has 1 aromatic rings. The first kappa shape index (κ1) is 15.7. The lowest BCUT2D eigenvalue weighted by atomic mass is 9.76. The quantitative estimate of drug-likeness (QED) is 0.832. The van der Waals surface area contributed by atoms with Gasteiger partial charge in [-0.15, -0.1) is 0 Å². The summed E-state index contributed by atoms with van der Waals surface area (Å²) in [7, 11) is 0. The first-order valence-electron chi connectivity index (χ1n) is 7.91. The molecule has 1 fully saturated rings. The van der Waals surface area contributed by atoms with Crippen LogP contribution in [0, 0.1) is 24.7 Å². The van der Waals surface area contributed by atoms with E-state index in [9.17, 15) is 4.79 Å². The van der Waals surface area contributed by atoms with E-state index in [0.717, 1.165) is 17.7 Å². The predicted molar refractivity (Wildman–Crippen MR) is 87.4 cm³/mol. The fraction of sp³-hybridized carbons (Fsp3) is 0.556. The van der Waals surface area contributed by atoms with Crippen molar-refractivity contribution in [3.63, 3.8) is 0 Å². The number of nitrogens with zero attached hydrogens (tertiary/aromatic N) is 1. The van der Waals surface area contributed by atoms with E-state index in [4.69, 9.17) is 0 Å². The lowest BCUT2D eigenvalue weighted by Gasteiger charge is -2.30. The highest BCUT2D eigenvalue weighted by molar-refractivity contribution is 5.96. The molecule has 1 aliphatic carbocycles. The maximum Gasteiger partial charge on any atom is 0.271 e. The van der Waals surface area contributed by atoms with Crippen LogP contribution in [-0.2, 0) is 0 Å². The molecule has 0 aliphatic heterocycles. The van der Waals surface area contributed by atoms with Crippen molar-refractivity contribution < 1.29 is 4.79 Å². The predicted octanol–water partition coefficient (Wildman–Crippen LogP) is 4.17. The highest BCUT2D eigenvalue weighted by Crippen LogP contribution is 2.31. The molecular formula is C18H26N2O. The summed E-state index contributed by atoms with van der Waals surface area (Å²) in [6, 6.07) is 7.58. The van der Waals surface area contributed by atoms with Gasteiger partial charge in [0.15, 0.2) is 0 Å². The van der Waals surface area contributed by atoms with Gasteiger partial charge in [-0.25, -0.2) is 5.43 Å². The Bertz CT molecular complexity index is 517. The lowest BCUT2D eigenvalue weighted by Crippen LogP contribution is -2.31. The van der Waals surface area contributed by atoms with E-state index in [2.05, 4.69) is 31.3 Å². The Balaban J connectivity index is 2.06. The number of nitrogens with one attached hydrogen (secondary N) is 1. The molecule has 3 heteroatoms. The molecule has 0 radical (unpaired) electrons. The van der Waals surface area contributed by atoms with Gasteiger partial charge in [0, 0.05) is 17.2 Å². The summed E-state index contributed by atoms with van der Waals surface area (Å²) in [6.07, 6.45) is 3.43. The van der Waals surface area contributed by atoms with E-state index in [1.54, 1.807) is 0 Å². The first-order chi connectivity index (χ1) is 9.97. The first-order valence-corrected chi connectivity index (χ1v) is 7.91. The molecule has 21 heavy (non-hydrogen) atoms. The van der Waals surface area contributed by atoms with Crippen LogP contribution in [0.1, 0.15) is 56.0 Å². The molecular weight excluding hydrogens is 260 g/mol. The molecule has 1 aromatic carbocycles. The summed E-state index contributed by atoms with van der Waals surface area (Å²) in [5, 5.41) is 4.45. The van der Waals surface area contributed by atoms with Crippen LogP contribution in [0.3, 0.4) is 0 Å². The Kier molecular flexibility index (Phi) is 5.16. The van der Waals surface area contributed by atoms with Crippen molar-refractivity contribution in [3.05, 3.63) is 35.4 Å². The van der Waals surface area contributed by atoms with Gasteiger partial charge in [-0.1, -0.05) is 38.5 Å². The highest BCUT2D eigenvalue weighted by Gasteiger charge is 2.27. The van der Waals surface area contributed by atoms with Gasteiger partial charge in [0.1, 0.15) is 0 Å². The van der Waals surface area contributed by atoms with E-state index in [-0.39, 0.29) is 5.91 Å². The molecule has 0 aromatic heterocycles. The van der Waals surface area contributed by atoms with Crippen molar-refractivity contribution in [1.29, 1.82) is 0 Å². The normalized spacial score (nSPS) is 24.3. The third-order valence-corrected chi connectivity index (χ3v) is 4.38. The smallest absolute Gasteiger partial charge is 0.267 e. The Morgan fingerprint density at radius 3 is 2.52 bits per heavy atom. The van der Waals surface area contributed by atoms with Gasteiger partial charge < -0.3 is 0 Å². The zero-order chi connectivity index (χ0) is 15.4. The van der Waals surface area contributed by atoms with Crippen LogP contribution >= 0.6 is 0 Å². The Labute approximate surface area is 127 Å². The summed E-state index contributed by atoms with van der Waals surface area (Å²) in [5.74, 6) is 1.62. The summed E-state index contributed by atoms with van der Waals surface area (Å²) in [5.41, 5.74) is 5.71. The third kappa shape index (κ3) is 4.16. The van der Waals surface area contributed by atoms with Gasteiger partial charge in [-0.3, -0.25) is 4.79 Å². The molecule has 0 heterocycles. The summed E-state index contributed by atoms with van der Waals surface area (Å²) >= 11 is 0. The summed E-state index contributed by atoms with van der Waals surface area (Å²) in [4.78, 5) is 12.1. The molecule has 1 N–H and O–H groups in total. The molecule has 0 spiro atoms. The van der Waals surface area contributed by atoms with E-state index in [1.165, 1.54) is 12.8 Å². The van der Waals surface area contributed by atoms with Gasteiger partial charge in [-0.05, 0) is 50.2 Å². The standard InChI is InChI=1S/C18H26N2O/c1-12(2)16-10-7-14(4)11-17(16)19-20-18(21)15-8-5-13(3)6-9-15/h5-6,8-9,12,14,16H,7,10-11H2,1-4H3,(H,20,21)/b19-17-/t14-,16+/m0/s1. The van der Waals surface area contributed by atoms with Crippen molar-refractivity contribution in [3.8, 4) is 0 Å². The lowest BCUT2D eigenvalue weighted by molar-refractivity contribution is 0.0954. The number of aryl methyl sites for hydroxylation is 1. The maximum absolute atomic E-state index is 12.1. The minimum absolute atomic E-state index is 0.122. The fourth-order valence-electron chi connectivity index (χ4n) is 2.98. The number of hydrogen-bond acceptors (Lipinski definition) is 2. The monoisotopic (exact) mass is 286 g/mol. The van der Waals surface area contributed by atoms with E-state index < -0.39 is 0 Å². The van der Waals surface area contributed by atoms with Crippen molar-refractivity contribution in [1.82, 2.24) is 5.43 Å². The van der Waals surface area contributed by atoms with Crippen LogP contribution in [0.15, 0.2) is 29.4 Å². The van der Waals surface area contributed by atoms with Crippen molar-refractivity contribution in [2.45, 2.75) is 47.0 Å². The second kappa shape index (κ2) is 6.88. The summed E-state index contributed by atoms with van der Waals surface area (Å²) < 4.78 is 0. The molecule has 0 unspecified atom stereocenters. The number of hydrazone groups is 1. The van der Waals surface area contributed by atoms with Crippen LogP contribution in [-0.4, -0.2) is 11.6 Å². The van der Waals surface area contributed by atoms with Crippen molar-refractivity contribution in [2.24, 2.45) is 22.9 Å². The largest absolute Gasteiger partial charge is 0.271 e. The maximum atomic E-state index is 12.1. The highest BCUT2D eigenvalue weighted by atomic mass is 16.2. The average molecular weight is 286 g/mol. The summed E-state index contributed by atoms with van der Waals surface area (Å²) in [6.45, 7) is 8.74. The van der Waals surface area contributed by atoms with Crippen molar-refractivity contribution >= 4 is 11.6 Å². The number of benzene rings is 1. The Morgan fingerprint density at radius 1 is 1.24 bits per heavy atom. The molecule has 1 saturated carbocycles. The van der Waals surface area contributed by atoms with Gasteiger partial charge in [0.2, 0.25) is 0 Å². The zero-order valence-corrected chi connectivity index (χ0v) is 13.5. The number of amides is 1. The second-order valence-corrected chi connectivity index (χ2v) is 6.65. The van der Waals surface area contributed by atoms with Gasteiger partial charge >= 0.3 is 0 Å². The molecule has 0 saturated heterocycles. The SMILES string of the molecule is Cc1ccc(C(=O)N/N=C2/C[C@@H](C)CC[C@@H]2C(C)C)cc1. The zero-order valence-electron chi connectivity index (χ0n) is 13.5. The van der Waals surface area contributed by atoms with Crippen LogP contribution < -0.4 is 5.43 Å². The Morgan fingerprint density at radius 2 is 1.90 bits per heavy atom. The van der Waals surface area contributed by atoms with E-state index in [1.807, 2.05) is 31.2 Å². The minimum atomic E-state index is -0.122. The van der Waals surface area contributed by atoms with Gasteiger partial charge in [0.25, 0.3) is 5.91 Å². The molecule has 0 bridgehead atoms. The van der Waals surface area contributed by atoms with Gasteiger partial charge in [-0.2, -0.15) is 5.10 Å². The van der Waals surface area contributed by atoms with E-state index >= 15 is 0 Å². The molecule has 3 nitrogen and oxygen atoms in total. The van der Waals surface area contributed by atoms with Crippen molar-refractivity contribution in [2.75, 3.05) is 0 Å². The van der Waals surface area contributed by atoms with Gasteiger partial charge in [0.05, 0.1) is 0 Å². The topological polar surface area (TPSA) is 41.5 Å². The number of hydrogen-bond donors (Lipinski definition) is 1. The molecule has 1 amide bonds. The molecule has 2 rings (SSSR count). The minimum Gasteiger partial charge on any atom is -0.267 e. The average Bonchev–Trinajstić information content (AvgIpc) is 2.45. The Hall–Kier alpha value is -1.64. The van der Waals surface area contributed by atoms with Crippen LogP contribution in [0.2, 0.25) is 0 Å². The number of carbonyl (C=O) groups excluding carboxylic acids is 1. The van der Waals surface area contributed by atoms with Crippen LogP contribution in [0.25, 0.3) is 0 Å². The second-order valence-electron chi connectivity index (χ2n) is 6.65. The molecule has 1 aliphatic rings. The number of rotatable bonds is 3. The van der Waals surface area contributed by atoms with E-state index in [0.29, 0.717) is 23.3 Å². The number of carbonyl (C=O) groups is 1. The van der Waals surface area contributed by atoms with Crippen LogP contribution in [0.5, 0.6) is 0 Å². The molecule has 114 valence electrons.